The third-order valence-electron chi connectivity index (χ3n) is 13.3. The monoisotopic (exact) mass is 852 g/mol. The molecule has 6 heteroatoms. The van der Waals surface area contributed by atoms with Crippen LogP contribution in [-0.4, -0.2) is 48.8 Å². The number of allylic oxidation sites excluding steroid dienone is 4. The van der Waals surface area contributed by atoms with Crippen LogP contribution in [0.2, 0.25) is 0 Å². The minimum atomic E-state index is -0.829. The molecule has 2 heterocycles. The average Bonchev–Trinajstić information content (AvgIpc) is 3.67. The van der Waals surface area contributed by atoms with Gasteiger partial charge in [-0.25, -0.2) is 0 Å². The molecule has 2 aliphatic heterocycles. The maximum atomic E-state index is 9.97. The van der Waals surface area contributed by atoms with Crippen LogP contribution in [0, 0.1) is 0 Å². The van der Waals surface area contributed by atoms with Crippen LogP contribution in [0.4, 0.5) is 11.4 Å². The summed E-state index contributed by atoms with van der Waals surface area (Å²) in [6.45, 7) is 11.6. The molecule has 0 unspecified atom stereocenters. The van der Waals surface area contributed by atoms with E-state index in [0.717, 1.165) is 42.0 Å². The molecule has 0 radical (unpaired) electrons. The van der Waals surface area contributed by atoms with Gasteiger partial charge >= 0.3 is 0 Å². The summed E-state index contributed by atoms with van der Waals surface area (Å²) in [7, 11) is 1.70. The van der Waals surface area contributed by atoms with Gasteiger partial charge in [-0.05, 0) is 94.4 Å². The lowest BCUT2D eigenvalue weighted by Gasteiger charge is -2.36. The first kappa shape index (κ1) is 43.7. The van der Waals surface area contributed by atoms with Crippen LogP contribution in [0.3, 0.4) is 0 Å². The Balaban J connectivity index is 0.00000544. The minimum absolute atomic E-state index is 0. The zero-order valence-corrected chi connectivity index (χ0v) is 37.8. The van der Waals surface area contributed by atoms with Crippen LogP contribution in [-0.2, 0) is 21.2 Å². The molecule has 63 heavy (non-hydrogen) atoms. The largest absolute Gasteiger partial charge is 1.00 e. The number of anilines is 1. The van der Waals surface area contributed by atoms with E-state index in [9.17, 15) is 5.11 Å². The zero-order chi connectivity index (χ0) is 42.9. The maximum Gasteiger partial charge on any atom is 0.210 e. The summed E-state index contributed by atoms with van der Waals surface area (Å²) < 4.78 is 15.4. The highest BCUT2D eigenvalue weighted by Crippen LogP contribution is 2.51. The highest BCUT2D eigenvalue weighted by Gasteiger charge is 2.46. The molecule has 5 nitrogen and oxygen atoms in total. The lowest BCUT2D eigenvalue weighted by Crippen LogP contribution is -3.00. The Morgan fingerprint density at radius 1 is 0.635 bits per heavy atom. The van der Waals surface area contributed by atoms with E-state index in [1.165, 1.54) is 55.5 Å². The van der Waals surface area contributed by atoms with Crippen molar-refractivity contribution in [3.8, 4) is 5.75 Å². The number of hydrogen-bond donors (Lipinski definition) is 1. The van der Waals surface area contributed by atoms with Gasteiger partial charge in [0.25, 0.3) is 0 Å². The molecule has 2 aliphatic rings. The number of hydrogen-bond acceptors (Lipinski definition) is 4. The van der Waals surface area contributed by atoms with E-state index in [1.807, 2.05) is 12.1 Å². The second-order valence-corrected chi connectivity index (χ2v) is 17.6. The Kier molecular flexibility index (Phi) is 12.5. The Labute approximate surface area is 379 Å². The van der Waals surface area contributed by atoms with Gasteiger partial charge in [0.1, 0.15) is 11.4 Å². The number of halogens is 1. The molecular formula is C57H57ClN2O3. The van der Waals surface area contributed by atoms with Crippen LogP contribution < -0.4 is 22.0 Å². The third-order valence-corrected chi connectivity index (χ3v) is 13.3. The number of aliphatic hydroxyl groups is 1. The fourth-order valence-electron chi connectivity index (χ4n) is 10.4. The number of aliphatic hydroxyl groups excluding tert-OH is 1. The molecule has 320 valence electrons. The Morgan fingerprint density at radius 3 is 1.83 bits per heavy atom. The van der Waals surface area contributed by atoms with Crippen LogP contribution in [0.25, 0.3) is 21.5 Å². The first-order valence-corrected chi connectivity index (χ1v) is 22.1. The van der Waals surface area contributed by atoms with Gasteiger partial charge in [0.15, 0.2) is 12.3 Å². The average molecular weight is 854 g/mol. The van der Waals surface area contributed by atoms with Gasteiger partial charge in [-0.1, -0.05) is 147 Å². The molecule has 7 aromatic rings. The van der Waals surface area contributed by atoms with Crippen LogP contribution in [0.5, 0.6) is 5.75 Å². The molecule has 1 N–H and O–H groups in total. The van der Waals surface area contributed by atoms with Crippen molar-refractivity contribution in [2.24, 2.45) is 0 Å². The Hall–Kier alpha value is -5.98. The second-order valence-electron chi connectivity index (χ2n) is 17.6. The van der Waals surface area contributed by atoms with E-state index >= 15 is 0 Å². The quantitative estimate of drug-likeness (QED) is 0.0674. The lowest BCUT2D eigenvalue weighted by molar-refractivity contribution is -0.439. The Bertz CT molecular complexity index is 2790. The number of ether oxygens (including phenoxy) is 2. The maximum absolute atomic E-state index is 9.97. The van der Waals surface area contributed by atoms with Gasteiger partial charge < -0.3 is 31.9 Å². The smallest absolute Gasteiger partial charge is 0.210 e. The van der Waals surface area contributed by atoms with Gasteiger partial charge in [-0.2, -0.15) is 4.58 Å². The topological polar surface area (TPSA) is 44.9 Å². The van der Waals surface area contributed by atoms with Gasteiger partial charge in [0.2, 0.25) is 5.69 Å². The highest BCUT2D eigenvalue weighted by atomic mass is 35.5. The van der Waals surface area contributed by atoms with Crippen LogP contribution in [0.15, 0.2) is 182 Å². The number of benzene rings is 7. The molecule has 0 saturated heterocycles. The van der Waals surface area contributed by atoms with E-state index < -0.39 is 5.60 Å². The predicted octanol–water partition coefficient (Wildman–Crippen LogP) is 9.40. The van der Waals surface area contributed by atoms with Crippen molar-refractivity contribution in [2.45, 2.75) is 57.0 Å². The van der Waals surface area contributed by atoms with Gasteiger partial charge in [0.05, 0.1) is 19.1 Å². The van der Waals surface area contributed by atoms with E-state index in [1.54, 1.807) is 7.11 Å². The van der Waals surface area contributed by atoms with Gasteiger partial charge in [-0.3, -0.25) is 0 Å². The van der Waals surface area contributed by atoms with Crippen molar-refractivity contribution in [3.63, 3.8) is 0 Å². The van der Waals surface area contributed by atoms with Crippen molar-refractivity contribution >= 4 is 38.6 Å². The predicted molar refractivity (Wildman–Crippen MR) is 256 cm³/mol. The fourth-order valence-corrected chi connectivity index (χ4v) is 10.4. The third kappa shape index (κ3) is 7.67. The SMILES string of the molecule is COc1ccc(C(OCCC[N+]2=C(C=CC=C3N(CCCO)c4ccc5ccccc5c4C3(C)C)C(C)(C)c3c2ccc2ccccc32)(c2ccccc2)c2ccccc2)cc1.[Cl-]. The van der Waals surface area contributed by atoms with Gasteiger partial charge in [-0.15, -0.1) is 0 Å². The van der Waals surface area contributed by atoms with E-state index in [2.05, 4.69) is 201 Å². The van der Waals surface area contributed by atoms with E-state index in [4.69, 9.17) is 9.47 Å². The zero-order valence-electron chi connectivity index (χ0n) is 37.0. The Morgan fingerprint density at radius 2 is 1.21 bits per heavy atom. The summed E-state index contributed by atoms with van der Waals surface area (Å²) in [5, 5.41) is 15.1. The summed E-state index contributed by atoms with van der Waals surface area (Å²) >= 11 is 0. The molecule has 0 fully saturated rings. The van der Waals surface area contributed by atoms with Crippen molar-refractivity contribution in [2.75, 3.05) is 38.3 Å². The highest BCUT2D eigenvalue weighted by molar-refractivity contribution is 6.07. The molecule has 0 atom stereocenters. The molecule has 0 aromatic heterocycles. The summed E-state index contributed by atoms with van der Waals surface area (Å²) in [5.41, 5.74) is 9.55. The van der Waals surface area contributed by atoms with Gasteiger partial charge in [0, 0.05) is 54.1 Å². The van der Waals surface area contributed by atoms with Crippen molar-refractivity contribution in [3.05, 3.63) is 209 Å². The van der Waals surface area contributed by atoms with Crippen molar-refractivity contribution in [1.29, 1.82) is 0 Å². The van der Waals surface area contributed by atoms with E-state index in [-0.39, 0.29) is 29.8 Å². The molecule has 0 aliphatic carbocycles. The molecule has 0 spiro atoms. The van der Waals surface area contributed by atoms with Crippen molar-refractivity contribution in [1.82, 2.24) is 0 Å². The minimum Gasteiger partial charge on any atom is -1.00 e. The summed E-state index contributed by atoms with van der Waals surface area (Å²) in [6, 6.07) is 56.1. The molecule has 7 aromatic carbocycles. The summed E-state index contributed by atoms with van der Waals surface area (Å²) in [4.78, 5) is 2.43. The lowest BCUT2D eigenvalue weighted by atomic mass is 9.79. The molecule has 0 amide bonds. The first-order valence-electron chi connectivity index (χ1n) is 22.1. The normalized spacial score (nSPS) is 15.9. The second kappa shape index (κ2) is 18.0. The standard InChI is InChI=1S/C57H57N2O3.ClH/c1-55(2)51(58(37-17-39-60)49-35-29-41-19-12-14-25-47(41)53(49)55)27-16-28-52-56(3,4)54-48-26-15-13-20-42(48)30-36-50(54)59(52)38-18-40-62-57(43-21-8-6-9-22-43,44-23-10-7-11-24-44)45-31-33-46(61-5)34-32-45;/h6-16,19-36,60H,17-18,37-40H2,1-5H3;1H/q+1;/p-1. The van der Waals surface area contributed by atoms with Crippen LogP contribution in [0.1, 0.15) is 68.4 Å². The van der Waals surface area contributed by atoms with Crippen molar-refractivity contribution < 1.29 is 31.6 Å². The fraction of sp³-hybridized carbons (Fsp3) is 0.246. The number of methoxy groups -OCH3 is 1. The summed E-state index contributed by atoms with van der Waals surface area (Å²) in [5.74, 6) is 0.811. The number of nitrogens with zero attached hydrogens (tertiary/aromatic N) is 2. The molecular weight excluding hydrogens is 796 g/mol. The molecule has 0 saturated carbocycles. The number of rotatable bonds is 14. The summed E-state index contributed by atoms with van der Waals surface area (Å²) in [6.07, 6.45) is 8.43. The molecule has 9 rings (SSSR count). The number of fused-ring (bicyclic) bond motifs is 6. The first-order chi connectivity index (χ1) is 30.2. The van der Waals surface area contributed by atoms with Crippen LogP contribution >= 0.6 is 0 Å². The molecule has 0 bridgehead atoms. The van der Waals surface area contributed by atoms with E-state index in [0.29, 0.717) is 13.0 Å².